The monoisotopic (exact) mass is 386 g/mol. The van der Waals surface area contributed by atoms with Crippen LogP contribution in [0.3, 0.4) is 0 Å². The first-order chi connectivity index (χ1) is 12.5. The molecule has 0 bridgehead atoms. The molecule has 134 valence electrons. The fourth-order valence-electron chi connectivity index (χ4n) is 2.54. The van der Waals surface area contributed by atoms with Gasteiger partial charge in [-0.25, -0.2) is 0 Å². The Morgan fingerprint density at radius 3 is 2.81 bits per heavy atom. The fraction of sp³-hybridized carbons (Fsp3) is 0.222. The van der Waals surface area contributed by atoms with Crippen LogP contribution in [0.2, 0.25) is 0 Å². The van der Waals surface area contributed by atoms with Gasteiger partial charge in [0.2, 0.25) is 0 Å². The van der Waals surface area contributed by atoms with Gasteiger partial charge in [0.05, 0.1) is 17.6 Å². The van der Waals surface area contributed by atoms with Crippen LogP contribution >= 0.6 is 24.0 Å². The molecule has 2 aromatic rings. The van der Waals surface area contributed by atoms with E-state index in [0.717, 1.165) is 11.1 Å². The van der Waals surface area contributed by atoms with Gasteiger partial charge in [-0.1, -0.05) is 54.3 Å². The van der Waals surface area contributed by atoms with Crippen LogP contribution in [0.5, 0.6) is 0 Å². The molecule has 0 radical (unpaired) electrons. The lowest BCUT2D eigenvalue weighted by Crippen LogP contribution is -2.30. The molecule has 0 atom stereocenters. The van der Waals surface area contributed by atoms with E-state index in [9.17, 15) is 14.7 Å². The Kier molecular flexibility index (Phi) is 5.85. The smallest absolute Gasteiger partial charge is 0.266 e. The van der Waals surface area contributed by atoms with Crippen LogP contribution in [0.15, 0.2) is 47.6 Å². The number of benzene rings is 1. The van der Waals surface area contributed by atoms with Crippen LogP contribution < -0.4 is 5.11 Å². The Morgan fingerprint density at radius 2 is 2.08 bits per heavy atom. The molecule has 6 nitrogen and oxygen atoms in total. The number of nitrogens with zero attached hydrogens (tertiary/aromatic N) is 3. The lowest BCUT2D eigenvalue weighted by atomic mass is 10.2. The van der Waals surface area contributed by atoms with Crippen molar-refractivity contribution in [1.29, 1.82) is 0 Å². The van der Waals surface area contributed by atoms with Crippen molar-refractivity contribution < 1.29 is 14.7 Å². The number of aromatic nitrogens is 2. The number of rotatable bonds is 7. The first-order valence-corrected chi connectivity index (χ1v) is 9.27. The van der Waals surface area contributed by atoms with Gasteiger partial charge >= 0.3 is 0 Å². The van der Waals surface area contributed by atoms with E-state index in [0.29, 0.717) is 22.2 Å². The lowest BCUT2D eigenvalue weighted by molar-refractivity contribution is -0.305. The second-order valence-corrected chi connectivity index (χ2v) is 7.44. The van der Waals surface area contributed by atoms with Crippen molar-refractivity contribution in [3.8, 4) is 0 Å². The van der Waals surface area contributed by atoms with Crippen LogP contribution in [-0.2, 0) is 16.1 Å². The van der Waals surface area contributed by atoms with E-state index in [1.807, 2.05) is 41.2 Å². The molecule has 1 amide bonds. The number of hydrogen-bond acceptors (Lipinski definition) is 6. The molecule has 1 aromatic carbocycles. The number of carbonyl (C=O) groups is 2. The van der Waals surface area contributed by atoms with Gasteiger partial charge in [-0.3, -0.25) is 14.4 Å². The van der Waals surface area contributed by atoms with Gasteiger partial charge in [0, 0.05) is 24.3 Å². The highest BCUT2D eigenvalue weighted by Crippen LogP contribution is 2.32. The highest BCUT2D eigenvalue weighted by molar-refractivity contribution is 8.26. The first-order valence-electron chi connectivity index (χ1n) is 8.04. The molecule has 1 aliphatic rings. The van der Waals surface area contributed by atoms with Crippen molar-refractivity contribution >= 4 is 46.3 Å². The third-order valence-electron chi connectivity index (χ3n) is 3.77. The molecule has 1 saturated heterocycles. The standard InChI is InChI=1S/C18H17N3O3S2/c22-16(23)7-4-8-21-17(24)15(26-18(21)25)9-14-10-19-20(12-14)11-13-5-2-1-3-6-13/h1-3,5-6,9-10,12H,4,7-8,11H2,(H,22,23)/p-1/b15-9+. The molecule has 1 fully saturated rings. The molecule has 0 aliphatic carbocycles. The van der Waals surface area contributed by atoms with E-state index >= 15 is 0 Å². The molecule has 0 saturated carbocycles. The number of carboxylic acids is 1. The van der Waals surface area contributed by atoms with Gasteiger partial charge in [-0.2, -0.15) is 5.10 Å². The molecule has 1 aliphatic heterocycles. The summed E-state index contributed by atoms with van der Waals surface area (Å²) in [6, 6.07) is 9.97. The van der Waals surface area contributed by atoms with Gasteiger partial charge in [0.15, 0.2) is 0 Å². The van der Waals surface area contributed by atoms with Gasteiger partial charge in [-0.05, 0) is 24.5 Å². The minimum Gasteiger partial charge on any atom is -0.550 e. The summed E-state index contributed by atoms with van der Waals surface area (Å²) in [7, 11) is 0. The largest absolute Gasteiger partial charge is 0.550 e. The van der Waals surface area contributed by atoms with E-state index in [-0.39, 0.29) is 18.9 Å². The Balaban J connectivity index is 1.65. The zero-order chi connectivity index (χ0) is 18.5. The Labute approximate surface area is 160 Å². The van der Waals surface area contributed by atoms with E-state index in [4.69, 9.17) is 12.2 Å². The van der Waals surface area contributed by atoms with Gasteiger partial charge < -0.3 is 9.90 Å². The zero-order valence-corrected chi connectivity index (χ0v) is 15.5. The summed E-state index contributed by atoms with van der Waals surface area (Å²) in [5.74, 6) is -1.33. The molecule has 0 spiro atoms. The minimum absolute atomic E-state index is 0.0949. The van der Waals surface area contributed by atoms with Crippen LogP contribution in [0.25, 0.3) is 6.08 Å². The number of carbonyl (C=O) groups excluding carboxylic acids is 2. The Morgan fingerprint density at radius 1 is 1.31 bits per heavy atom. The molecule has 0 N–H and O–H groups in total. The second kappa shape index (κ2) is 8.29. The van der Waals surface area contributed by atoms with Crippen molar-refractivity contribution in [3.63, 3.8) is 0 Å². The maximum atomic E-state index is 12.5. The quantitative estimate of drug-likeness (QED) is 0.532. The number of carboxylic acid groups (broad SMARTS) is 1. The predicted octanol–water partition coefficient (Wildman–Crippen LogP) is 1.66. The summed E-state index contributed by atoms with van der Waals surface area (Å²) in [4.78, 5) is 24.9. The number of amides is 1. The summed E-state index contributed by atoms with van der Waals surface area (Å²) < 4.78 is 2.25. The minimum atomic E-state index is -1.13. The van der Waals surface area contributed by atoms with Crippen LogP contribution in [0.4, 0.5) is 0 Å². The van der Waals surface area contributed by atoms with Gasteiger partial charge in [0.25, 0.3) is 5.91 Å². The van der Waals surface area contributed by atoms with Crippen molar-refractivity contribution in [2.45, 2.75) is 19.4 Å². The van der Waals surface area contributed by atoms with E-state index < -0.39 is 5.97 Å². The predicted molar refractivity (Wildman–Crippen MR) is 102 cm³/mol. The van der Waals surface area contributed by atoms with Crippen LogP contribution in [0, 0.1) is 0 Å². The normalized spacial score (nSPS) is 15.8. The van der Waals surface area contributed by atoms with E-state index in [1.165, 1.54) is 16.7 Å². The molecule has 0 unspecified atom stereocenters. The number of hydrogen-bond donors (Lipinski definition) is 0. The summed E-state index contributed by atoms with van der Waals surface area (Å²) in [5, 5.41) is 14.8. The summed E-state index contributed by atoms with van der Waals surface area (Å²) in [5.41, 5.74) is 1.96. The number of aliphatic carboxylic acids is 1. The van der Waals surface area contributed by atoms with Crippen LogP contribution in [0.1, 0.15) is 24.0 Å². The van der Waals surface area contributed by atoms with E-state index in [2.05, 4.69) is 5.10 Å². The molecule has 8 heteroatoms. The number of thiocarbonyl (C=S) groups is 1. The summed E-state index contributed by atoms with van der Waals surface area (Å²) in [6.45, 7) is 0.933. The van der Waals surface area contributed by atoms with Crippen molar-refractivity contribution in [2.24, 2.45) is 0 Å². The Bertz CT molecular complexity index is 862. The fourth-order valence-corrected chi connectivity index (χ4v) is 3.85. The third-order valence-corrected chi connectivity index (χ3v) is 5.15. The summed E-state index contributed by atoms with van der Waals surface area (Å²) >= 11 is 6.44. The van der Waals surface area contributed by atoms with Crippen molar-refractivity contribution in [3.05, 3.63) is 58.8 Å². The molecule has 1 aromatic heterocycles. The lowest BCUT2D eigenvalue weighted by Gasteiger charge is -2.14. The van der Waals surface area contributed by atoms with Gasteiger partial charge in [-0.15, -0.1) is 0 Å². The maximum Gasteiger partial charge on any atom is 0.266 e. The average Bonchev–Trinajstić information content (AvgIpc) is 3.15. The highest BCUT2D eigenvalue weighted by atomic mass is 32.2. The molecule has 3 rings (SSSR count). The SMILES string of the molecule is O=C([O-])CCCN1C(=O)/C(=C\c2cnn(Cc3ccccc3)c2)SC1=S. The summed E-state index contributed by atoms with van der Waals surface area (Å²) in [6.07, 6.45) is 5.55. The number of thioether (sulfide) groups is 1. The zero-order valence-electron chi connectivity index (χ0n) is 13.8. The molecular formula is C18H16N3O3S2-. The van der Waals surface area contributed by atoms with Crippen LogP contribution in [-0.4, -0.2) is 37.4 Å². The topological polar surface area (TPSA) is 78.3 Å². The van der Waals surface area contributed by atoms with E-state index in [1.54, 1.807) is 12.3 Å². The third kappa shape index (κ3) is 4.59. The van der Waals surface area contributed by atoms with Crippen molar-refractivity contribution in [2.75, 3.05) is 6.54 Å². The molecule has 2 heterocycles. The molecular weight excluding hydrogens is 370 g/mol. The van der Waals surface area contributed by atoms with Gasteiger partial charge in [0.1, 0.15) is 4.32 Å². The maximum absolute atomic E-state index is 12.5. The first kappa shape index (κ1) is 18.3. The highest BCUT2D eigenvalue weighted by Gasteiger charge is 2.31. The van der Waals surface area contributed by atoms with Crippen molar-refractivity contribution in [1.82, 2.24) is 14.7 Å². The Hall–Kier alpha value is -2.45. The second-order valence-electron chi connectivity index (χ2n) is 5.77. The molecule has 26 heavy (non-hydrogen) atoms. The average molecular weight is 386 g/mol.